The Bertz CT molecular complexity index is 389. The van der Waals surface area contributed by atoms with Crippen molar-refractivity contribution in [1.82, 2.24) is 0 Å². The van der Waals surface area contributed by atoms with E-state index < -0.39 is 0 Å². The largest absolute Gasteiger partial charge is 0.444 e. The lowest BCUT2D eigenvalue weighted by Crippen LogP contribution is -2.25. The van der Waals surface area contributed by atoms with Crippen LogP contribution in [0.25, 0.3) is 0 Å². The van der Waals surface area contributed by atoms with Gasteiger partial charge in [0.2, 0.25) is 0 Å². The van der Waals surface area contributed by atoms with E-state index in [9.17, 15) is 4.79 Å². The lowest BCUT2D eigenvalue weighted by atomic mass is 10.1. The van der Waals surface area contributed by atoms with Crippen LogP contribution in [0, 0.1) is 0 Å². The van der Waals surface area contributed by atoms with Crippen molar-refractivity contribution in [1.29, 1.82) is 0 Å². The van der Waals surface area contributed by atoms with Gasteiger partial charge in [-0.05, 0) is 37.1 Å². The number of amides is 1. The fraction of sp³-hybridized carbons (Fsp3) is 0.462. The predicted octanol–water partition coefficient (Wildman–Crippen LogP) is 1.92. The number of hydrogen-bond donors (Lipinski definition) is 1. The van der Waals surface area contributed by atoms with Crippen LogP contribution in [0.4, 0.5) is 10.5 Å². The van der Waals surface area contributed by atoms with E-state index in [1.165, 1.54) is 5.56 Å². The number of rotatable bonds is 4. The zero-order valence-electron chi connectivity index (χ0n) is 10.1. The Balaban J connectivity index is 2.08. The Morgan fingerprint density at radius 3 is 2.71 bits per heavy atom. The highest BCUT2D eigenvalue weighted by atomic mass is 16.6. The third kappa shape index (κ3) is 2.58. The molecule has 1 heterocycles. The molecule has 2 N–H and O–H groups in total. The molecule has 0 saturated carbocycles. The van der Waals surface area contributed by atoms with Gasteiger partial charge in [0.05, 0.1) is 6.54 Å². The number of nitrogens with zero attached hydrogens (tertiary/aromatic N) is 1. The van der Waals surface area contributed by atoms with Gasteiger partial charge in [0, 0.05) is 5.69 Å². The van der Waals surface area contributed by atoms with Crippen LogP contribution in [0.3, 0.4) is 0 Å². The minimum absolute atomic E-state index is 0.0710. The molecule has 1 saturated heterocycles. The minimum atomic E-state index is -0.271. The van der Waals surface area contributed by atoms with E-state index in [0.717, 1.165) is 18.5 Å². The van der Waals surface area contributed by atoms with Gasteiger partial charge < -0.3 is 10.5 Å². The number of nitrogens with two attached hydrogens (primary N) is 1. The molecule has 2 rings (SSSR count). The first-order valence-corrected chi connectivity index (χ1v) is 6.01. The van der Waals surface area contributed by atoms with Crippen LogP contribution in [-0.2, 0) is 11.2 Å². The molecule has 1 aliphatic heterocycles. The normalized spacial score (nSPS) is 19.5. The van der Waals surface area contributed by atoms with Crippen LogP contribution in [0.2, 0.25) is 0 Å². The van der Waals surface area contributed by atoms with E-state index in [2.05, 4.69) is 6.92 Å². The zero-order chi connectivity index (χ0) is 12.3. The Morgan fingerprint density at radius 2 is 2.12 bits per heavy atom. The second kappa shape index (κ2) is 5.19. The third-order valence-corrected chi connectivity index (χ3v) is 3.02. The molecule has 4 heteroatoms. The average molecular weight is 234 g/mol. The molecular weight excluding hydrogens is 216 g/mol. The Morgan fingerprint density at radius 1 is 1.41 bits per heavy atom. The van der Waals surface area contributed by atoms with E-state index in [1.54, 1.807) is 4.90 Å². The van der Waals surface area contributed by atoms with Crippen LogP contribution in [0.5, 0.6) is 0 Å². The molecule has 1 aliphatic rings. The molecule has 1 amide bonds. The van der Waals surface area contributed by atoms with Crippen molar-refractivity contribution in [3.8, 4) is 0 Å². The standard InChI is InChI=1S/C13H18N2O2/c1-2-10-3-5-11(6-4-10)15-9-12(7-8-14)17-13(15)16/h3-6,12H,2,7-9,14H2,1H3. The van der Waals surface area contributed by atoms with E-state index in [1.807, 2.05) is 24.3 Å². The highest BCUT2D eigenvalue weighted by Gasteiger charge is 2.31. The summed E-state index contributed by atoms with van der Waals surface area (Å²) >= 11 is 0. The number of benzene rings is 1. The van der Waals surface area contributed by atoms with Crippen molar-refractivity contribution >= 4 is 11.8 Å². The molecule has 0 aromatic heterocycles. The highest BCUT2D eigenvalue weighted by Crippen LogP contribution is 2.23. The fourth-order valence-electron chi connectivity index (χ4n) is 1.98. The van der Waals surface area contributed by atoms with Gasteiger partial charge in [-0.15, -0.1) is 0 Å². The number of hydrogen-bond acceptors (Lipinski definition) is 3. The molecule has 1 atom stereocenters. The van der Waals surface area contributed by atoms with Crippen molar-refractivity contribution in [3.05, 3.63) is 29.8 Å². The number of aryl methyl sites for hydroxylation is 1. The molecular formula is C13H18N2O2. The summed E-state index contributed by atoms with van der Waals surface area (Å²) in [5.41, 5.74) is 7.62. The second-order valence-electron chi connectivity index (χ2n) is 4.21. The van der Waals surface area contributed by atoms with E-state index in [-0.39, 0.29) is 12.2 Å². The van der Waals surface area contributed by atoms with Crippen LogP contribution in [0.1, 0.15) is 18.9 Å². The van der Waals surface area contributed by atoms with Gasteiger partial charge >= 0.3 is 6.09 Å². The van der Waals surface area contributed by atoms with Crippen LogP contribution in [-0.4, -0.2) is 25.3 Å². The van der Waals surface area contributed by atoms with Gasteiger partial charge in [-0.3, -0.25) is 4.90 Å². The number of anilines is 1. The number of carbonyl (C=O) groups excluding carboxylic acids is 1. The van der Waals surface area contributed by atoms with E-state index >= 15 is 0 Å². The summed E-state index contributed by atoms with van der Waals surface area (Å²) < 4.78 is 5.23. The Kier molecular flexibility index (Phi) is 3.64. The zero-order valence-corrected chi connectivity index (χ0v) is 10.1. The highest BCUT2D eigenvalue weighted by molar-refractivity contribution is 5.89. The number of carbonyl (C=O) groups is 1. The van der Waals surface area contributed by atoms with Crippen molar-refractivity contribution in [2.45, 2.75) is 25.9 Å². The summed E-state index contributed by atoms with van der Waals surface area (Å²) in [5.74, 6) is 0. The van der Waals surface area contributed by atoms with Crippen LogP contribution < -0.4 is 10.6 Å². The van der Waals surface area contributed by atoms with Crippen molar-refractivity contribution in [3.63, 3.8) is 0 Å². The van der Waals surface area contributed by atoms with Gasteiger partial charge in [0.1, 0.15) is 6.10 Å². The monoisotopic (exact) mass is 234 g/mol. The van der Waals surface area contributed by atoms with Gasteiger partial charge in [-0.2, -0.15) is 0 Å². The summed E-state index contributed by atoms with van der Waals surface area (Å²) in [6, 6.07) is 8.01. The number of cyclic esters (lactones) is 1. The maximum atomic E-state index is 11.7. The molecule has 0 spiro atoms. The molecule has 1 fully saturated rings. The SMILES string of the molecule is CCc1ccc(N2CC(CCN)OC2=O)cc1. The Hall–Kier alpha value is -1.55. The fourth-order valence-corrected chi connectivity index (χ4v) is 1.98. The average Bonchev–Trinajstić information content (AvgIpc) is 2.71. The smallest absolute Gasteiger partial charge is 0.414 e. The van der Waals surface area contributed by atoms with Crippen molar-refractivity contribution in [2.75, 3.05) is 18.0 Å². The van der Waals surface area contributed by atoms with Crippen LogP contribution in [0.15, 0.2) is 24.3 Å². The second-order valence-corrected chi connectivity index (χ2v) is 4.21. The molecule has 0 radical (unpaired) electrons. The van der Waals surface area contributed by atoms with Gasteiger partial charge in [-0.1, -0.05) is 19.1 Å². The Labute approximate surface area is 101 Å². The topological polar surface area (TPSA) is 55.6 Å². The summed E-state index contributed by atoms with van der Waals surface area (Å²) in [6.45, 7) is 3.25. The van der Waals surface area contributed by atoms with Crippen LogP contribution >= 0.6 is 0 Å². The van der Waals surface area contributed by atoms with E-state index in [4.69, 9.17) is 10.5 Å². The summed E-state index contributed by atoms with van der Waals surface area (Å²) in [4.78, 5) is 13.3. The molecule has 1 aromatic carbocycles. The van der Waals surface area contributed by atoms with Gasteiger partial charge in [0.25, 0.3) is 0 Å². The molecule has 1 aromatic rings. The lowest BCUT2D eigenvalue weighted by Gasteiger charge is -2.13. The van der Waals surface area contributed by atoms with Crippen molar-refractivity contribution < 1.29 is 9.53 Å². The predicted molar refractivity (Wildman–Crippen MR) is 67.1 cm³/mol. The molecule has 1 unspecified atom stereocenters. The summed E-state index contributed by atoms with van der Waals surface area (Å²) in [6.07, 6.45) is 1.38. The lowest BCUT2D eigenvalue weighted by molar-refractivity contribution is 0.138. The van der Waals surface area contributed by atoms with E-state index in [0.29, 0.717) is 13.1 Å². The first kappa shape index (κ1) is 11.9. The van der Waals surface area contributed by atoms with Crippen molar-refractivity contribution in [2.24, 2.45) is 5.73 Å². The molecule has 0 bridgehead atoms. The maximum Gasteiger partial charge on any atom is 0.414 e. The molecule has 92 valence electrons. The quantitative estimate of drug-likeness (QED) is 0.866. The summed E-state index contributed by atoms with van der Waals surface area (Å²) in [5, 5.41) is 0. The molecule has 17 heavy (non-hydrogen) atoms. The first-order valence-electron chi connectivity index (χ1n) is 6.01. The van der Waals surface area contributed by atoms with Gasteiger partial charge in [-0.25, -0.2) is 4.79 Å². The molecule has 0 aliphatic carbocycles. The maximum absolute atomic E-state index is 11.7. The number of ether oxygens (including phenoxy) is 1. The third-order valence-electron chi connectivity index (χ3n) is 3.02. The minimum Gasteiger partial charge on any atom is -0.444 e. The summed E-state index contributed by atoms with van der Waals surface area (Å²) in [7, 11) is 0. The first-order chi connectivity index (χ1) is 8.24. The van der Waals surface area contributed by atoms with Gasteiger partial charge in [0.15, 0.2) is 0 Å². The molecule has 4 nitrogen and oxygen atoms in total.